The van der Waals surface area contributed by atoms with Gasteiger partial charge in [-0.05, 0) is 32.8 Å². The summed E-state index contributed by atoms with van der Waals surface area (Å²) in [5, 5.41) is 3.05. The number of rotatable bonds is 3. The molecule has 7 nitrogen and oxygen atoms in total. The van der Waals surface area contributed by atoms with Crippen molar-refractivity contribution in [2.24, 2.45) is 0 Å². The van der Waals surface area contributed by atoms with Crippen LogP contribution in [0.15, 0.2) is 24.9 Å². The maximum atomic E-state index is 12.2. The van der Waals surface area contributed by atoms with Crippen LogP contribution in [0, 0.1) is 13.8 Å². The lowest BCUT2D eigenvalue weighted by Gasteiger charge is -2.34. The average molecular weight is 312 g/mol. The molecule has 1 unspecified atom stereocenters. The maximum Gasteiger partial charge on any atom is 0.270 e. The van der Waals surface area contributed by atoms with Crippen LogP contribution in [0.25, 0.3) is 0 Å². The fraction of sp³-hybridized carbons (Fsp3) is 0.438. The average Bonchev–Trinajstić information content (AvgIpc) is 2.58. The molecule has 23 heavy (non-hydrogen) atoms. The molecule has 1 aliphatic heterocycles. The molecule has 1 saturated heterocycles. The van der Waals surface area contributed by atoms with Gasteiger partial charge in [0.1, 0.15) is 24.2 Å². The zero-order valence-corrected chi connectivity index (χ0v) is 13.4. The minimum atomic E-state index is -0.158. The third kappa shape index (κ3) is 3.44. The first-order valence-electron chi connectivity index (χ1n) is 7.75. The lowest BCUT2D eigenvalue weighted by atomic mass is 10.0. The van der Waals surface area contributed by atoms with Crippen molar-refractivity contribution in [1.82, 2.24) is 25.3 Å². The largest absolute Gasteiger partial charge is 0.354 e. The third-order valence-corrected chi connectivity index (χ3v) is 4.18. The van der Waals surface area contributed by atoms with Gasteiger partial charge in [0.05, 0.1) is 0 Å². The third-order valence-electron chi connectivity index (χ3n) is 4.18. The summed E-state index contributed by atoms with van der Waals surface area (Å²) in [5.41, 5.74) is 2.48. The van der Waals surface area contributed by atoms with Crippen molar-refractivity contribution in [2.45, 2.75) is 32.7 Å². The Balaban J connectivity index is 1.69. The standard InChI is InChI=1S/C16H20N6O/c1-11-12(2)18-10-20-15(11)22-7-3-4-13(8-22)21-16(23)14-5-6-17-9-19-14/h5-6,9-10,13H,3-4,7-8H2,1-2H3,(H,21,23). The number of carbonyl (C=O) groups excluding carboxylic acids is 1. The first-order valence-corrected chi connectivity index (χ1v) is 7.75. The van der Waals surface area contributed by atoms with Gasteiger partial charge in [-0.2, -0.15) is 0 Å². The number of hydrogen-bond acceptors (Lipinski definition) is 6. The highest BCUT2D eigenvalue weighted by Crippen LogP contribution is 2.22. The molecule has 7 heteroatoms. The summed E-state index contributed by atoms with van der Waals surface area (Å²) >= 11 is 0. The Kier molecular flexibility index (Phi) is 4.45. The lowest BCUT2D eigenvalue weighted by molar-refractivity contribution is 0.0928. The van der Waals surface area contributed by atoms with Crippen molar-refractivity contribution in [3.63, 3.8) is 0 Å². The molecule has 1 atom stereocenters. The molecule has 1 amide bonds. The fourth-order valence-electron chi connectivity index (χ4n) is 2.82. The molecule has 0 aromatic carbocycles. The van der Waals surface area contributed by atoms with Crippen LogP contribution in [0.4, 0.5) is 5.82 Å². The highest BCUT2D eigenvalue weighted by Gasteiger charge is 2.24. The highest BCUT2D eigenvalue weighted by molar-refractivity contribution is 5.92. The van der Waals surface area contributed by atoms with E-state index in [9.17, 15) is 4.79 Å². The van der Waals surface area contributed by atoms with Gasteiger partial charge in [-0.25, -0.2) is 19.9 Å². The van der Waals surface area contributed by atoms with Gasteiger partial charge in [-0.3, -0.25) is 4.79 Å². The molecule has 0 saturated carbocycles. The quantitative estimate of drug-likeness (QED) is 0.919. The molecule has 2 aromatic heterocycles. The molecule has 120 valence electrons. The molecule has 0 spiro atoms. The number of carbonyl (C=O) groups is 1. The van der Waals surface area contributed by atoms with Crippen LogP contribution < -0.4 is 10.2 Å². The fourth-order valence-corrected chi connectivity index (χ4v) is 2.82. The van der Waals surface area contributed by atoms with E-state index >= 15 is 0 Å². The van der Waals surface area contributed by atoms with E-state index in [1.54, 1.807) is 18.6 Å². The number of nitrogens with one attached hydrogen (secondary N) is 1. The Morgan fingerprint density at radius 3 is 2.91 bits per heavy atom. The Bertz CT molecular complexity index is 690. The molecular weight excluding hydrogens is 292 g/mol. The zero-order chi connectivity index (χ0) is 16.2. The number of aromatic nitrogens is 4. The molecule has 3 rings (SSSR count). The van der Waals surface area contributed by atoms with Crippen LogP contribution >= 0.6 is 0 Å². The van der Waals surface area contributed by atoms with Crippen molar-refractivity contribution in [1.29, 1.82) is 0 Å². The molecule has 1 N–H and O–H groups in total. The second-order valence-electron chi connectivity index (χ2n) is 5.76. The van der Waals surface area contributed by atoms with Crippen LogP contribution in [-0.4, -0.2) is 45.0 Å². The van der Waals surface area contributed by atoms with Crippen LogP contribution in [0.3, 0.4) is 0 Å². The van der Waals surface area contributed by atoms with E-state index < -0.39 is 0 Å². The number of nitrogens with zero attached hydrogens (tertiary/aromatic N) is 5. The molecule has 3 heterocycles. The van der Waals surface area contributed by atoms with Crippen LogP contribution in [-0.2, 0) is 0 Å². The summed E-state index contributed by atoms with van der Waals surface area (Å²) < 4.78 is 0. The molecule has 2 aromatic rings. The van der Waals surface area contributed by atoms with Gasteiger partial charge in [-0.1, -0.05) is 0 Å². The van der Waals surface area contributed by atoms with Gasteiger partial charge >= 0.3 is 0 Å². The number of hydrogen-bond donors (Lipinski definition) is 1. The Hall–Kier alpha value is -2.57. The summed E-state index contributed by atoms with van der Waals surface area (Å²) in [5.74, 6) is 0.799. The van der Waals surface area contributed by atoms with Gasteiger partial charge in [-0.15, -0.1) is 0 Å². The lowest BCUT2D eigenvalue weighted by Crippen LogP contribution is -2.48. The first kappa shape index (κ1) is 15.3. The minimum Gasteiger partial charge on any atom is -0.354 e. The number of aryl methyl sites for hydroxylation is 1. The van der Waals surface area contributed by atoms with Gasteiger partial charge < -0.3 is 10.2 Å². The van der Waals surface area contributed by atoms with E-state index in [-0.39, 0.29) is 11.9 Å². The molecule has 1 aliphatic rings. The highest BCUT2D eigenvalue weighted by atomic mass is 16.1. The van der Waals surface area contributed by atoms with Gasteiger partial charge in [0.25, 0.3) is 5.91 Å². The molecule has 0 aliphatic carbocycles. The van der Waals surface area contributed by atoms with Crippen molar-refractivity contribution < 1.29 is 4.79 Å². The van der Waals surface area contributed by atoms with Gasteiger partial charge in [0.15, 0.2) is 0 Å². The van der Waals surface area contributed by atoms with Crippen LogP contribution in [0.1, 0.15) is 34.6 Å². The van der Waals surface area contributed by atoms with Crippen molar-refractivity contribution in [3.05, 3.63) is 41.9 Å². The Labute approximate surface area is 135 Å². The first-order chi connectivity index (χ1) is 11.1. The summed E-state index contributed by atoms with van der Waals surface area (Å²) in [6.45, 7) is 5.71. The van der Waals surface area contributed by atoms with E-state index in [0.29, 0.717) is 5.69 Å². The molecule has 1 fully saturated rings. The Morgan fingerprint density at radius 2 is 2.13 bits per heavy atom. The zero-order valence-electron chi connectivity index (χ0n) is 13.4. The van der Waals surface area contributed by atoms with E-state index in [0.717, 1.165) is 43.0 Å². The number of piperidine rings is 1. The van der Waals surface area contributed by atoms with Crippen LogP contribution in [0.2, 0.25) is 0 Å². The van der Waals surface area contributed by atoms with E-state index in [2.05, 4.69) is 30.2 Å². The van der Waals surface area contributed by atoms with Crippen molar-refractivity contribution in [2.75, 3.05) is 18.0 Å². The second kappa shape index (κ2) is 6.68. The summed E-state index contributed by atoms with van der Waals surface area (Å²) in [6.07, 6.45) is 6.52. The molecule has 0 radical (unpaired) electrons. The monoisotopic (exact) mass is 312 g/mol. The van der Waals surface area contributed by atoms with Crippen LogP contribution in [0.5, 0.6) is 0 Å². The van der Waals surface area contributed by atoms with E-state index in [1.165, 1.54) is 6.33 Å². The number of anilines is 1. The Morgan fingerprint density at radius 1 is 1.26 bits per heavy atom. The van der Waals surface area contributed by atoms with Gasteiger partial charge in [0, 0.05) is 36.6 Å². The second-order valence-corrected chi connectivity index (χ2v) is 5.76. The predicted molar refractivity (Wildman–Crippen MR) is 86.2 cm³/mol. The normalized spacial score (nSPS) is 17.8. The predicted octanol–water partition coefficient (Wildman–Crippen LogP) is 1.28. The smallest absolute Gasteiger partial charge is 0.270 e. The van der Waals surface area contributed by atoms with E-state index in [4.69, 9.17) is 0 Å². The topological polar surface area (TPSA) is 83.9 Å². The van der Waals surface area contributed by atoms with Crippen molar-refractivity contribution >= 4 is 11.7 Å². The maximum absolute atomic E-state index is 12.2. The summed E-state index contributed by atoms with van der Waals surface area (Å²) in [6, 6.07) is 1.70. The SMILES string of the molecule is Cc1ncnc(N2CCCC(NC(=O)c3ccncn3)C2)c1C. The van der Waals surface area contributed by atoms with E-state index in [1.807, 2.05) is 13.8 Å². The van der Waals surface area contributed by atoms with Gasteiger partial charge in [0.2, 0.25) is 0 Å². The molecule has 0 bridgehead atoms. The molecular formula is C16H20N6O. The van der Waals surface area contributed by atoms with Crippen molar-refractivity contribution in [3.8, 4) is 0 Å². The number of amides is 1. The summed E-state index contributed by atoms with van der Waals surface area (Å²) in [4.78, 5) is 30.9. The minimum absolute atomic E-state index is 0.0842. The summed E-state index contributed by atoms with van der Waals surface area (Å²) in [7, 11) is 0.